The number of rotatable bonds is 0. The van der Waals surface area contributed by atoms with E-state index in [1.165, 1.54) is 112 Å². The van der Waals surface area contributed by atoms with Crippen LogP contribution in [0.25, 0.3) is 49.3 Å². The zero-order valence-electron chi connectivity index (χ0n) is 79.7. The van der Waals surface area contributed by atoms with E-state index in [2.05, 4.69) is 146 Å². The number of imidazole rings is 2. The summed E-state index contributed by atoms with van der Waals surface area (Å²) in [7, 11) is 4.17. The van der Waals surface area contributed by atoms with Crippen LogP contribution >= 0.6 is 0 Å². The van der Waals surface area contributed by atoms with Crippen LogP contribution in [0.3, 0.4) is 0 Å². The van der Waals surface area contributed by atoms with Gasteiger partial charge in [-0.3, -0.25) is 29.5 Å². The minimum atomic E-state index is 0.0573. The van der Waals surface area contributed by atoms with E-state index in [1.54, 1.807) is 34.9 Å². The molecular weight excluding hydrogens is 1480 g/mol. The minimum absolute atomic E-state index is 0.0573. The molecule has 120 heavy (non-hydrogen) atoms. The molecular formula is C106H155N11O3. The number of pyridine rings is 4. The summed E-state index contributed by atoms with van der Waals surface area (Å²) in [6.07, 6.45) is 31.9. The van der Waals surface area contributed by atoms with Crippen LogP contribution < -0.4 is 5.32 Å². The molecule has 14 heteroatoms. The van der Waals surface area contributed by atoms with Gasteiger partial charge in [-0.25, -0.2) is 15.0 Å². The quantitative estimate of drug-likeness (QED) is 0.156. The van der Waals surface area contributed by atoms with Gasteiger partial charge in [-0.1, -0.05) is 270 Å². The maximum Gasteiger partial charge on any atom is 0.271 e. The third-order valence-electron chi connectivity index (χ3n) is 17.2. The van der Waals surface area contributed by atoms with Crippen LogP contribution in [-0.4, -0.2) is 87.3 Å². The van der Waals surface area contributed by atoms with Crippen molar-refractivity contribution in [1.29, 1.82) is 0 Å². The number of likely N-dealkylation sites (tertiary alicyclic amines) is 1. The van der Waals surface area contributed by atoms with Gasteiger partial charge in [-0.2, -0.15) is 0 Å². The Bertz CT molecular complexity index is 4590. The molecule has 14 nitrogen and oxygen atoms in total. The zero-order chi connectivity index (χ0) is 90.6. The van der Waals surface area contributed by atoms with E-state index in [1.807, 2.05) is 348 Å². The molecule has 6 aromatic carbocycles. The van der Waals surface area contributed by atoms with Crippen molar-refractivity contribution in [2.75, 3.05) is 32.0 Å². The zero-order valence-corrected chi connectivity index (χ0v) is 79.7. The van der Waals surface area contributed by atoms with Crippen molar-refractivity contribution in [1.82, 2.24) is 48.8 Å². The minimum Gasteiger partial charge on any atom is -0.472 e. The Morgan fingerprint density at radius 1 is 0.417 bits per heavy atom. The van der Waals surface area contributed by atoms with Gasteiger partial charge in [0, 0.05) is 95.2 Å². The van der Waals surface area contributed by atoms with Crippen LogP contribution in [0.1, 0.15) is 234 Å². The number of anilines is 1. The first-order chi connectivity index (χ1) is 58.5. The van der Waals surface area contributed by atoms with E-state index in [0.717, 1.165) is 57.8 Å². The smallest absolute Gasteiger partial charge is 0.271 e. The SMILES string of the molecule is CC.CC.CC.CC.CC.CC.CC.CC.CC.CC.CC1=CCN2C=CC=CN2C1=O.CN1CCCC1.Cc1cc2ccccc2cn1.Cc1ccc2c(c1)CCC(=O)N2.Cc1ccc2c(c1)CCCC2.Cc1ccc2ccccc2n1.Cc1ccc2ncccc2c1.Cc1ccoc1.Cc1cnc2ccccn12.Cn1cnc2ccccc21. The van der Waals surface area contributed by atoms with Crippen molar-refractivity contribution in [3.8, 4) is 0 Å². The van der Waals surface area contributed by atoms with Crippen molar-refractivity contribution < 1.29 is 14.0 Å². The lowest BCUT2D eigenvalue weighted by Gasteiger charge is -2.35. The average molecular weight is 1630 g/mol. The van der Waals surface area contributed by atoms with E-state index >= 15 is 0 Å². The van der Waals surface area contributed by atoms with Gasteiger partial charge in [0.25, 0.3) is 5.91 Å². The Kier molecular flexibility index (Phi) is 64.6. The Labute approximate surface area is 727 Å². The number of nitrogens with zero attached hydrogens (tertiary/aromatic N) is 10. The lowest BCUT2D eigenvalue weighted by molar-refractivity contribution is -0.135. The number of carbonyl (C=O) groups is 2. The van der Waals surface area contributed by atoms with Crippen molar-refractivity contribution in [3.05, 3.63) is 318 Å². The average Bonchev–Trinajstić information content (AvgIpc) is 1.21. The fourth-order valence-electron chi connectivity index (χ4n) is 11.5. The molecule has 1 saturated heterocycles. The van der Waals surface area contributed by atoms with Crippen LogP contribution in [-0.2, 0) is 35.9 Å². The summed E-state index contributed by atoms with van der Waals surface area (Å²) in [6, 6.07) is 61.9. The number of nitrogens with one attached hydrogen (secondary N) is 1. The van der Waals surface area contributed by atoms with Gasteiger partial charge >= 0.3 is 0 Å². The number of hydrazine groups is 1. The normalized spacial score (nSPS) is 11.9. The topological polar surface area (TPSA) is 143 Å². The highest BCUT2D eigenvalue weighted by Crippen LogP contribution is 2.25. The first-order valence-electron chi connectivity index (χ1n) is 44.5. The Morgan fingerprint density at radius 2 is 0.983 bits per heavy atom. The number of furan rings is 1. The van der Waals surface area contributed by atoms with E-state index in [9.17, 15) is 9.59 Å². The highest BCUT2D eigenvalue weighted by Gasteiger charge is 2.23. The van der Waals surface area contributed by atoms with Crippen LogP contribution in [0.15, 0.2) is 266 Å². The first-order valence-corrected chi connectivity index (χ1v) is 44.5. The van der Waals surface area contributed by atoms with Gasteiger partial charge in [-0.15, -0.1) is 0 Å². The summed E-state index contributed by atoms with van der Waals surface area (Å²) in [5, 5.41) is 11.2. The number of benzene rings is 6. The second-order valence-corrected chi connectivity index (χ2v) is 25.5. The Morgan fingerprint density at radius 3 is 1.59 bits per heavy atom. The molecule has 0 unspecified atom stereocenters. The number of fused-ring (bicyclic) bond motifs is 8. The fraction of sp³-hybridized carbons (Fsp3) is 0.387. The standard InChI is InChI=1S/C11H14.C10H11NO.3C10H9N.C9H10N2O.2C8H8N2.C5H11N.C5H6O.10C2H6/c1-9-6-7-10-4-2-3-5-11(10)8-9;1-7-2-4-9-8(6-7)3-5-10(12)11-9;1-8-4-5-10-9(7-8)3-2-6-11-10;1-8-6-9-4-2-3-5-10(9)7-11-8;1-8-6-7-9-4-2-3-5-10(9)11-8;1-8-4-7-10-5-2-3-6-11(10)9(8)12;1-10-6-9-7-4-2-3-5-8(7)10;1-7-6-9-8-4-2-3-5-10(7)8;1-6-4-2-3-5-6;1-5-2-3-6-4-5;10*1-2/h6-8H,2-5H2,1H3;2,4,6H,3,5H2,1H3,(H,11,12);3*2-7H,1H3;2-6H,7H2,1H3;2*2-6H,1H3;2-5H2,1H3;2-4H,1H3;10*1-2H3. The molecule has 7 aromatic heterocycles. The van der Waals surface area contributed by atoms with Crippen LogP contribution in [0, 0.1) is 48.5 Å². The van der Waals surface area contributed by atoms with Crippen molar-refractivity contribution >= 4 is 66.8 Å². The Balaban J connectivity index is 0. The molecule has 18 rings (SSSR count). The van der Waals surface area contributed by atoms with Crippen LogP contribution in [0.5, 0.6) is 0 Å². The second-order valence-electron chi connectivity index (χ2n) is 25.5. The lowest BCUT2D eigenvalue weighted by Crippen LogP contribution is -2.44. The third kappa shape index (κ3) is 42.0. The monoisotopic (exact) mass is 1630 g/mol. The van der Waals surface area contributed by atoms with E-state index in [-0.39, 0.29) is 11.8 Å². The van der Waals surface area contributed by atoms with Gasteiger partial charge < -0.3 is 23.6 Å². The van der Waals surface area contributed by atoms with Crippen LogP contribution in [0.2, 0.25) is 0 Å². The molecule has 4 aliphatic heterocycles. The third-order valence-corrected chi connectivity index (χ3v) is 17.2. The predicted molar refractivity (Wildman–Crippen MR) is 525 cm³/mol. The molecule has 11 heterocycles. The van der Waals surface area contributed by atoms with Gasteiger partial charge in [0.05, 0.1) is 47.5 Å². The van der Waals surface area contributed by atoms with Crippen molar-refractivity contribution in [3.63, 3.8) is 0 Å². The molecule has 1 N–H and O–H groups in total. The molecule has 0 saturated carbocycles. The summed E-state index contributed by atoms with van der Waals surface area (Å²) in [5.74, 6) is 0.188. The summed E-state index contributed by atoms with van der Waals surface area (Å²) in [5.41, 5.74) is 20.1. The van der Waals surface area contributed by atoms with E-state index < -0.39 is 0 Å². The molecule has 13 aromatic rings. The second kappa shape index (κ2) is 69.8. The maximum absolute atomic E-state index is 11.5. The van der Waals surface area contributed by atoms with Crippen LogP contribution in [0.4, 0.5) is 5.69 Å². The number of amides is 2. The van der Waals surface area contributed by atoms with Gasteiger partial charge in [0.1, 0.15) is 5.65 Å². The molecule has 2 amide bonds. The molecule has 5 aliphatic rings. The van der Waals surface area contributed by atoms with E-state index in [4.69, 9.17) is 4.42 Å². The first kappa shape index (κ1) is 111. The molecule has 0 radical (unpaired) electrons. The highest BCUT2D eigenvalue weighted by molar-refractivity contribution is 5.94. The van der Waals surface area contributed by atoms with Crippen molar-refractivity contribution in [2.24, 2.45) is 7.05 Å². The van der Waals surface area contributed by atoms with E-state index in [0.29, 0.717) is 6.42 Å². The number of aromatic nitrogens is 7. The number of para-hydroxylation sites is 3. The van der Waals surface area contributed by atoms with Gasteiger partial charge in [0.15, 0.2) is 0 Å². The summed E-state index contributed by atoms with van der Waals surface area (Å²) in [6.45, 7) is 59.6. The van der Waals surface area contributed by atoms with Crippen molar-refractivity contribution in [2.45, 2.75) is 245 Å². The molecule has 0 spiro atoms. The molecule has 1 fully saturated rings. The number of hydrogen-bond donors (Lipinski definition) is 1. The number of carbonyl (C=O) groups excluding carboxylic acids is 2. The largest absolute Gasteiger partial charge is 0.472 e. The molecule has 0 bridgehead atoms. The molecule has 1 aliphatic carbocycles. The lowest BCUT2D eigenvalue weighted by atomic mass is 9.91. The number of allylic oxidation sites excluding steroid dienone is 2. The van der Waals surface area contributed by atoms with Gasteiger partial charge in [0.2, 0.25) is 5.91 Å². The Hall–Kier alpha value is -11.1. The van der Waals surface area contributed by atoms with Gasteiger partial charge in [-0.05, 0) is 233 Å². The number of hydrogen-bond acceptors (Lipinski definition) is 10. The molecule has 0 atom stereocenters. The predicted octanol–water partition coefficient (Wildman–Crippen LogP) is 29.2. The summed E-state index contributed by atoms with van der Waals surface area (Å²) in [4.78, 5) is 46.0. The summed E-state index contributed by atoms with van der Waals surface area (Å²) < 4.78 is 8.78. The highest BCUT2D eigenvalue weighted by atomic mass is 16.3. The molecule has 652 valence electrons. The summed E-state index contributed by atoms with van der Waals surface area (Å²) >= 11 is 0. The fourth-order valence-corrected chi connectivity index (χ4v) is 11.5. The number of aryl methyl sites for hydroxylation is 11. The maximum atomic E-state index is 11.5.